The average molecular weight is 563 g/mol. The summed E-state index contributed by atoms with van der Waals surface area (Å²) in [5.41, 5.74) is 14.7. The number of rotatable bonds is 4. The molecule has 0 unspecified atom stereocenters. The normalized spacial score (nSPS) is 14.3. The van der Waals surface area contributed by atoms with Gasteiger partial charge in [-0.3, -0.25) is 0 Å². The van der Waals surface area contributed by atoms with Crippen LogP contribution in [0.3, 0.4) is 0 Å². The predicted octanol–water partition coefficient (Wildman–Crippen LogP) is 10.0. The largest absolute Gasteiger partial charge is 0.245 e. The number of aliphatic imine (C=N–C) groups is 2. The zero-order chi connectivity index (χ0) is 29.7. The van der Waals surface area contributed by atoms with E-state index in [-0.39, 0.29) is 0 Å². The molecule has 2 nitrogen and oxygen atoms in total. The maximum atomic E-state index is 5.41. The molecule has 0 bridgehead atoms. The van der Waals surface area contributed by atoms with E-state index < -0.39 is 5.41 Å². The molecule has 2 aliphatic carbocycles. The number of hydrogen-bond donors (Lipinski definition) is 0. The molecule has 6 aromatic rings. The Hall–Kier alpha value is -5.60. The fourth-order valence-electron chi connectivity index (χ4n) is 7.19. The van der Waals surface area contributed by atoms with Gasteiger partial charge in [0.2, 0.25) is 0 Å². The Kier molecular flexibility index (Phi) is 6.09. The van der Waals surface area contributed by atoms with Crippen LogP contribution in [0.25, 0.3) is 33.5 Å². The van der Waals surface area contributed by atoms with Gasteiger partial charge in [-0.15, -0.1) is 0 Å². The third-order valence-electron chi connectivity index (χ3n) is 9.09. The van der Waals surface area contributed by atoms with E-state index in [1.165, 1.54) is 50.1 Å². The number of nitrogens with zero attached hydrogens (tertiary/aromatic N) is 2. The van der Waals surface area contributed by atoms with Crippen molar-refractivity contribution < 1.29 is 0 Å². The smallest absolute Gasteiger partial charge is 0.159 e. The van der Waals surface area contributed by atoms with Gasteiger partial charge in [-0.2, -0.15) is 0 Å². The van der Waals surface area contributed by atoms with E-state index in [0.717, 1.165) is 22.4 Å². The number of fused-ring (bicyclic) bond motifs is 7. The van der Waals surface area contributed by atoms with Gasteiger partial charge in [0.05, 0.1) is 11.1 Å². The first-order valence-corrected chi connectivity index (χ1v) is 15.0. The topological polar surface area (TPSA) is 24.7 Å². The Morgan fingerprint density at radius 2 is 1.09 bits per heavy atom. The van der Waals surface area contributed by atoms with Gasteiger partial charge in [0.15, 0.2) is 5.84 Å². The standard InChI is InChI=1S/C42H30N2/c1-28-21-23-29(24-22-28)32-25-26-35-38(27-32)42(36-19-11-9-17-33(36)34-18-10-12-20-37(34)42)39(30-13-5-3-6-14-30)40(35)44-41(43-2)31-15-7-4-8-16-31/h3-27H,2H2,1H3. The molecular formula is C42H30N2. The van der Waals surface area contributed by atoms with Crippen LogP contribution in [0, 0.1) is 6.92 Å². The van der Waals surface area contributed by atoms with Crippen molar-refractivity contribution >= 4 is 23.8 Å². The first-order chi connectivity index (χ1) is 21.7. The van der Waals surface area contributed by atoms with Crippen molar-refractivity contribution in [2.24, 2.45) is 9.98 Å². The van der Waals surface area contributed by atoms with E-state index in [9.17, 15) is 0 Å². The molecule has 2 heteroatoms. The minimum absolute atomic E-state index is 0.563. The van der Waals surface area contributed by atoms with E-state index in [0.29, 0.717) is 5.84 Å². The van der Waals surface area contributed by atoms with Crippen molar-refractivity contribution in [2.75, 3.05) is 0 Å². The highest BCUT2D eigenvalue weighted by atomic mass is 14.9. The van der Waals surface area contributed by atoms with Gasteiger partial charge in [-0.05, 0) is 64.2 Å². The first kappa shape index (κ1) is 26.1. The summed E-state index contributed by atoms with van der Waals surface area (Å²) >= 11 is 0. The molecule has 208 valence electrons. The van der Waals surface area contributed by atoms with Crippen LogP contribution in [-0.4, -0.2) is 12.6 Å². The van der Waals surface area contributed by atoms with Crippen LogP contribution in [0.4, 0.5) is 0 Å². The van der Waals surface area contributed by atoms with E-state index in [2.05, 4.69) is 140 Å². The lowest BCUT2D eigenvalue weighted by Crippen LogP contribution is -2.26. The highest BCUT2D eigenvalue weighted by Crippen LogP contribution is 2.65. The molecule has 44 heavy (non-hydrogen) atoms. The van der Waals surface area contributed by atoms with Crippen molar-refractivity contribution in [3.05, 3.63) is 191 Å². The van der Waals surface area contributed by atoms with Crippen LogP contribution in [0.5, 0.6) is 0 Å². The molecule has 0 aromatic heterocycles. The molecule has 0 atom stereocenters. The van der Waals surface area contributed by atoms with Gasteiger partial charge in [-0.25, -0.2) is 9.98 Å². The third kappa shape index (κ3) is 3.81. The molecule has 0 saturated heterocycles. The molecule has 2 aliphatic rings. The molecule has 0 N–H and O–H groups in total. The number of aryl methyl sites for hydroxylation is 1. The number of amidine groups is 1. The zero-order valence-corrected chi connectivity index (χ0v) is 24.5. The minimum atomic E-state index is -0.563. The molecular weight excluding hydrogens is 532 g/mol. The lowest BCUT2D eigenvalue weighted by Gasteiger charge is -2.33. The first-order valence-electron chi connectivity index (χ1n) is 15.0. The molecule has 0 radical (unpaired) electrons. The van der Waals surface area contributed by atoms with E-state index in [4.69, 9.17) is 4.99 Å². The second kappa shape index (κ2) is 10.3. The summed E-state index contributed by atoms with van der Waals surface area (Å²) in [4.78, 5) is 9.88. The summed E-state index contributed by atoms with van der Waals surface area (Å²) in [7, 11) is 0. The maximum Gasteiger partial charge on any atom is 0.159 e. The second-order valence-corrected chi connectivity index (χ2v) is 11.5. The van der Waals surface area contributed by atoms with Crippen molar-refractivity contribution in [1.82, 2.24) is 0 Å². The predicted molar refractivity (Wildman–Crippen MR) is 184 cm³/mol. The molecule has 0 saturated carbocycles. The highest BCUT2D eigenvalue weighted by molar-refractivity contribution is 6.13. The average Bonchev–Trinajstić information content (AvgIpc) is 3.54. The summed E-state index contributed by atoms with van der Waals surface area (Å²) < 4.78 is 0. The number of hydrogen-bond acceptors (Lipinski definition) is 1. The van der Waals surface area contributed by atoms with Crippen molar-refractivity contribution in [3.63, 3.8) is 0 Å². The molecule has 0 fully saturated rings. The quantitative estimate of drug-likeness (QED) is 0.151. The van der Waals surface area contributed by atoms with Crippen LogP contribution >= 0.6 is 0 Å². The van der Waals surface area contributed by atoms with Crippen molar-refractivity contribution in [3.8, 4) is 22.3 Å². The lowest BCUT2D eigenvalue weighted by molar-refractivity contribution is 0.842. The highest BCUT2D eigenvalue weighted by Gasteiger charge is 2.53. The van der Waals surface area contributed by atoms with Crippen molar-refractivity contribution in [2.45, 2.75) is 12.3 Å². The van der Waals surface area contributed by atoms with Gasteiger partial charge in [0.1, 0.15) is 0 Å². The SMILES string of the molecule is C=NC(=NC1=C(c2ccccc2)C2(c3cc(-c4ccc(C)cc4)ccc31)c1ccccc1-c1ccccc12)c1ccccc1. The van der Waals surface area contributed by atoms with Crippen LogP contribution in [0.1, 0.15) is 38.9 Å². The Balaban J connectivity index is 1.53. The van der Waals surface area contributed by atoms with E-state index in [1.807, 2.05) is 30.3 Å². The zero-order valence-electron chi connectivity index (χ0n) is 24.5. The molecule has 1 spiro atoms. The number of allylic oxidation sites excluding steroid dienone is 1. The third-order valence-corrected chi connectivity index (χ3v) is 9.09. The molecule has 8 rings (SSSR count). The van der Waals surface area contributed by atoms with Crippen LogP contribution < -0.4 is 0 Å². The van der Waals surface area contributed by atoms with Gasteiger partial charge in [0.25, 0.3) is 0 Å². The summed E-state index contributed by atoms with van der Waals surface area (Å²) in [6, 6.07) is 54.3. The maximum absolute atomic E-state index is 5.41. The second-order valence-electron chi connectivity index (χ2n) is 11.5. The van der Waals surface area contributed by atoms with Crippen LogP contribution in [-0.2, 0) is 5.41 Å². The molecule has 0 amide bonds. The Morgan fingerprint density at radius 3 is 1.73 bits per heavy atom. The van der Waals surface area contributed by atoms with Crippen LogP contribution in [0.15, 0.2) is 162 Å². The summed E-state index contributed by atoms with van der Waals surface area (Å²) in [6.07, 6.45) is 0. The van der Waals surface area contributed by atoms with Crippen LogP contribution in [0.2, 0.25) is 0 Å². The van der Waals surface area contributed by atoms with Gasteiger partial charge in [0, 0.05) is 16.7 Å². The van der Waals surface area contributed by atoms with Crippen molar-refractivity contribution in [1.29, 1.82) is 0 Å². The summed E-state index contributed by atoms with van der Waals surface area (Å²) in [5, 5.41) is 0. The molecule has 0 heterocycles. The van der Waals surface area contributed by atoms with E-state index >= 15 is 0 Å². The summed E-state index contributed by atoms with van der Waals surface area (Å²) in [5.74, 6) is 0.610. The minimum Gasteiger partial charge on any atom is -0.245 e. The lowest BCUT2D eigenvalue weighted by atomic mass is 9.67. The van der Waals surface area contributed by atoms with Gasteiger partial charge in [-0.1, -0.05) is 151 Å². The molecule has 0 aliphatic heterocycles. The monoisotopic (exact) mass is 562 g/mol. The van der Waals surface area contributed by atoms with E-state index in [1.54, 1.807) is 0 Å². The molecule has 6 aromatic carbocycles. The fourth-order valence-corrected chi connectivity index (χ4v) is 7.19. The fraction of sp³-hybridized carbons (Fsp3) is 0.0476. The van der Waals surface area contributed by atoms with Gasteiger partial charge < -0.3 is 0 Å². The Labute approximate surface area is 258 Å². The number of benzene rings is 6. The van der Waals surface area contributed by atoms with Gasteiger partial charge >= 0.3 is 0 Å². The Bertz CT molecular complexity index is 2070. The summed E-state index contributed by atoms with van der Waals surface area (Å²) in [6.45, 7) is 6.08. The Morgan fingerprint density at radius 1 is 0.523 bits per heavy atom.